The molecule has 0 bridgehead atoms. The number of furan rings is 1. The predicted octanol–water partition coefficient (Wildman–Crippen LogP) is 14.0. The Morgan fingerprint density at radius 3 is 2.25 bits per heavy atom. The lowest BCUT2D eigenvalue weighted by atomic mass is 9.59. The molecule has 0 amide bonds. The highest BCUT2D eigenvalue weighted by Crippen LogP contribution is 2.64. The highest BCUT2D eigenvalue weighted by molar-refractivity contribution is 6.12. The maximum absolute atomic E-state index is 7.32. The number of hydrogen-bond donors (Lipinski definition) is 0. The molecule has 2 aromatic heterocycles. The molecular weight excluding hydrogens is 797 g/mol. The molecular formula is C59H40N4O2. The van der Waals surface area contributed by atoms with Gasteiger partial charge in [-0.05, 0) is 82.5 Å². The van der Waals surface area contributed by atoms with E-state index in [4.69, 9.17) is 29.1 Å². The summed E-state index contributed by atoms with van der Waals surface area (Å²) in [7, 11) is 0. The summed E-state index contributed by atoms with van der Waals surface area (Å²) >= 11 is 0. The van der Waals surface area contributed by atoms with Crippen molar-refractivity contribution in [2.45, 2.75) is 36.5 Å². The summed E-state index contributed by atoms with van der Waals surface area (Å²) < 4.78 is 13.6. The van der Waals surface area contributed by atoms with E-state index in [1.165, 1.54) is 44.5 Å². The second-order valence-electron chi connectivity index (χ2n) is 17.8. The SMILES string of the molecule is C1=CC(c2nc(-c3ccccc3)nc(-c3cccc4oc5ccccc5c34)n2)CC(C2=Nc3ccccc3C3C4=C(C=CC23)C2(C3=C(C=CCC3)O4)c3ccccc3-c3ccccc32)=C1. The predicted molar refractivity (Wildman–Crippen MR) is 258 cm³/mol. The Labute approximate surface area is 376 Å². The topological polar surface area (TPSA) is 73.4 Å². The van der Waals surface area contributed by atoms with Crippen molar-refractivity contribution in [2.75, 3.05) is 0 Å². The van der Waals surface area contributed by atoms with Gasteiger partial charge in [-0.3, -0.25) is 4.99 Å². The van der Waals surface area contributed by atoms with Gasteiger partial charge in [0.2, 0.25) is 0 Å². The van der Waals surface area contributed by atoms with Gasteiger partial charge in [-0.2, -0.15) is 0 Å². The van der Waals surface area contributed by atoms with Crippen LogP contribution in [0.5, 0.6) is 0 Å². The minimum Gasteiger partial charge on any atom is -0.461 e. The number of ether oxygens (including phenoxy) is 1. The Morgan fingerprint density at radius 2 is 1.37 bits per heavy atom. The van der Waals surface area contributed by atoms with Crippen LogP contribution in [0.25, 0.3) is 55.8 Å². The first-order valence-electron chi connectivity index (χ1n) is 22.7. The van der Waals surface area contributed by atoms with Gasteiger partial charge in [-0.1, -0.05) is 164 Å². The summed E-state index contributed by atoms with van der Waals surface area (Å²) in [6.07, 6.45) is 18.6. The van der Waals surface area contributed by atoms with Crippen LogP contribution < -0.4 is 0 Å². The van der Waals surface area contributed by atoms with Gasteiger partial charge >= 0.3 is 0 Å². The molecule has 0 saturated heterocycles. The Morgan fingerprint density at radius 1 is 0.631 bits per heavy atom. The van der Waals surface area contributed by atoms with Gasteiger partial charge in [-0.15, -0.1) is 0 Å². The van der Waals surface area contributed by atoms with Crippen LogP contribution in [0.3, 0.4) is 0 Å². The zero-order valence-electron chi connectivity index (χ0n) is 35.4. The molecule has 308 valence electrons. The summed E-state index contributed by atoms with van der Waals surface area (Å²) in [5.41, 5.74) is 15.3. The lowest BCUT2D eigenvalue weighted by Gasteiger charge is -2.47. The lowest BCUT2D eigenvalue weighted by Crippen LogP contribution is -2.40. The van der Waals surface area contributed by atoms with E-state index in [-0.39, 0.29) is 17.8 Å². The third-order valence-corrected chi connectivity index (χ3v) is 14.4. The number of aromatic nitrogens is 3. The number of benzene rings is 6. The van der Waals surface area contributed by atoms with E-state index in [0.29, 0.717) is 18.1 Å². The van der Waals surface area contributed by atoms with Gasteiger partial charge < -0.3 is 9.15 Å². The van der Waals surface area contributed by atoms with Crippen molar-refractivity contribution in [2.24, 2.45) is 10.9 Å². The molecule has 6 nitrogen and oxygen atoms in total. The fourth-order valence-corrected chi connectivity index (χ4v) is 11.7. The number of rotatable bonds is 4. The molecule has 0 saturated carbocycles. The quantitative estimate of drug-likeness (QED) is 0.177. The fourth-order valence-electron chi connectivity index (χ4n) is 11.7. The first-order chi connectivity index (χ1) is 32.2. The number of aliphatic imine (C=N–C) groups is 1. The van der Waals surface area contributed by atoms with Crippen molar-refractivity contribution in [3.05, 3.63) is 239 Å². The van der Waals surface area contributed by atoms with Crippen molar-refractivity contribution in [1.82, 2.24) is 15.0 Å². The summed E-state index contributed by atoms with van der Waals surface area (Å²) in [5, 5.41) is 2.04. The first-order valence-corrected chi connectivity index (χ1v) is 22.7. The van der Waals surface area contributed by atoms with Crippen molar-refractivity contribution in [3.63, 3.8) is 0 Å². The normalized spacial score (nSPS) is 20.7. The van der Waals surface area contributed by atoms with Crippen molar-refractivity contribution >= 4 is 33.3 Å². The molecule has 6 heteroatoms. The smallest absolute Gasteiger partial charge is 0.164 e. The van der Waals surface area contributed by atoms with Crippen LogP contribution in [-0.4, -0.2) is 20.7 Å². The molecule has 14 rings (SSSR count). The number of nitrogens with zero attached hydrogens (tertiary/aromatic N) is 4. The molecule has 1 spiro atoms. The highest BCUT2D eigenvalue weighted by Gasteiger charge is 2.55. The van der Waals surface area contributed by atoms with Crippen molar-refractivity contribution in [3.8, 4) is 33.9 Å². The maximum atomic E-state index is 7.32. The van der Waals surface area contributed by atoms with Crippen LogP contribution in [0.4, 0.5) is 5.69 Å². The summed E-state index contributed by atoms with van der Waals surface area (Å²) in [5.74, 6) is 3.73. The third-order valence-electron chi connectivity index (χ3n) is 14.4. The molecule has 4 heterocycles. The summed E-state index contributed by atoms with van der Waals surface area (Å²) in [4.78, 5) is 21.3. The largest absolute Gasteiger partial charge is 0.461 e. The molecule has 0 fully saturated rings. The van der Waals surface area contributed by atoms with Gasteiger partial charge in [0.1, 0.15) is 28.5 Å². The average molecular weight is 837 g/mol. The van der Waals surface area contributed by atoms with E-state index in [1.807, 2.05) is 48.5 Å². The molecule has 4 aliphatic carbocycles. The van der Waals surface area contributed by atoms with Crippen LogP contribution in [0.2, 0.25) is 0 Å². The monoisotopic (exact) mass is 836 g/mol. The van der Waals surface area contributed by atoms with Crippen LogP contribution in [-0.2, 0) is 10.2 Å². The molecule has 3 unspecified atom stereocenters. The standard InChI is InChI=1S/C59H40N4O2/c1-2-16-35(17-3-1)56-61-57(63-58(62-56)43-24-15-31-51-52(43)41-23-7-12-29-49(41)64-51)37-19-14-18-36(34-37)54-42-32-33-47-55(53(42)40-22-6-11-28-48(40)60-54)65-50-30-13-10-27-46(50)59(47)44-25-8-4-20-38(44)39-21-5-9-26-45(39)59/h1-9,11-26,28-33,37,42,53H,10,27,34H2. The lowest BCUT2D eigenvalue weighted by molar-refractivity contribution is 0.247. The molecule has 0 radical (unpaired) electrons. The second-order valence-corrected chi connectivity index (χ2v) is 17.8. The third kappa shape index (κ3) is 5.28. The van der Waals surface area contributed by atoms with E-state index in [9.17, 15) is 0 Å². The minimum absolute atomic E-state index is 0.0542. The summed E-state index contributed by atoms with van der Waals surface area (Å²) in [6.45, 7) is 0. The Hall–Kier alpha value is -7.96. The zero-order chi connectivity index (χ0) is 42.6. The number of para-hydroxylation sites is 2. The van der Waals surface area contributed by atoms with Crippen LogP contribution in [0.15, 0.2) is 226 Å². The van der Waals surface area contributed by atoms with E-state index >= 15 is 0 Å². The van der Waals surface area contributed by atoms with Crippen LogP contribution in [0, 0.1) is 5.92 Å². The van der Waals surface area contributed by atoms with Crippen LogP contribution in [0.1, 0.15) is 53.6 Å². The molecule has 65 heavy (non-hydrogen) atoms. The van der Waals surface area contributed by atoms with Crippen LogP contribution >= 0.6 is 0 Å². The first kappa shape index (κ1) is 36.5. The van der Waals surface area contributed by atoms with Gasteiger partial charge in [0, 0.05) is 39.3 Å². The Bertz CT molecular complexity index is 3540. The van der Waals surface area contributed by atoms with Crippen molar-refractivity contribution < 1.29 is 9.15 Å². The number of allylic oxidation sites excluding steroid dienone is 11. The second kappa shape index (κ2) is 14.0. The van der Waals surface area contributed by atoms with E-state index in [0.717, 1.165) is 74.6 Å². The minimum atomic E-state index is -0.454. The number of fused-ring (bicyclic) bond motifs is 14. The van der Waals surface area contributed by atoms with Crippen molar-refractivity contribution in [1.29, 1.82) is 0 Å². The van der Waals surface area contributed by atoms with Gasteiger partial charge in [0.15, 0.2) is 11.6 Å². The molecule has 0 N–H and O–H groups in total. The van der Waals surface area contributed by atoms with E-state index < -0.39 is 5.41 Å². The van der Waals surface area contributed by atoms with Gasteiger partial charge in [0.05, 0.1) is 22.7 Å². The maximum Gasteiger partial charge on any atom is 0.164 e. The molecule has 6 aliphatic rings. The molecule has 2 aliphatic heterocycles. The fraction of sp³-hybridized carbons (Fsp3) is 0.119. The molecule has 3 atom stereocenters. The molecule has 6 aromatic carbocycles. The van der Waals surface area contributed by atoms with Gasteiger partial charge in [0.25, 0.3) is 0 Å². The number of hydrogen-bond acceptors (Lipinski definition) is 6. The highest BCUT2D eigenvalue weighted by atomic mass is 16.5. The van der Waals surface area contributed by atoms with Gasteiger partial charge in [-0.25, -0.2) is 15.0 Å². The molecule has 8 aromatic rings. The summed E-state index contributed by atoms with van der Waals surface area (Å²) in [6, 6.07) is 51.2. The average Bonchev–Trinajstić information content (AvgIpc) is 3.90. The Balaban J connectivity index is 0.893. The van der Waals surface area contributed by atoms with E-state index in [1.54, 1.807) is 0 Å². The zero-order valence-corrected chi connectivity index (χ0v) is 35.4. The van der Waals surface area contributed by atoms with E-state index in [2.05, 4.69) is 140 Å². The Kier molecular flexibility index (Phi) is 7.88.